The zero-order chi connectivity index (χ0) is 18.2. The Labute approximate surface area is 152 Å². The van der Waals surface area contributed by atoms with Gasteiger partial charge in [-0.25, -0.2) is 4.79 Å². The zero-order valence-corrected chi connectivity index (χ0v) is 15.7. The van der Waals surface area contributed by atoms with Crippen LogP contribution in [0.2, 0.25) is 0 Å². The second-order valence-electron chi connectivity index (χ2n) is 6.14. The summed E-state index contributed by atoms with van der Waals surface area (Å²) in [6.45, 7) is 7.05. The van der Waals surface area contributed by atoms with Crippen LogP contribution in [-0.2, 0) is 17.8 Å². The third kappa shape index (κ3) is 6.72. The summed E-state index contributed by atoms with van der Waals surface area (Å²) in [6.07, 6.45) is 0.759. The number of amides is 3. The van der Waals surface area contributed by atoms with Crippen LogP contribution in [0, 0.1) is 6.92 Å². The van der Waals surface area contributed by atoms with Crippen molar-refractivity contribution >= 4 is 23.3 Å². The van der Waals surface area contributed by atoms with E-state index in [1.54, 1.807) is 11.3 Å². The van der Waals surface area contributed by atoms with Crippen molar-refractivity contribution in [3.63, 3.8) is 0 Å². The monoisotopic (exact) mass is 363 g/mol. The van der Waals surface area contributed by atoms with Gasteiger partial charge in [-0.15, -0.1) is 11.3 Å². The molecule has 25 heavy (non-hydrogen) atoms. The van der Waals surface area contributed by atoms with E-state index in [4.69, 9.17) is 4.42 Å². The minimum Gasteiger partial charge on any atom is -0.465 e. The highest BCUT2D eigenvalue weighted by Gasteiger charge is 2.17. The summed E-state index contributed by atoms with van der Waals surface area (Å²) < 4.78 is 5.56. The second kappa shape index (κ2) is 9.39. The summed E-state index contributed by atoms with van der Waals surface area (Å²) >= 11 is 1.65. The lowest BCUT2D eigenvalue weighted by Crippen LogP contribution is -2.46. The van der Waals surface area contributed by atoms with Crippen LogP contribution in [0.4, 0.5) is 4.79 Å². The molecule has 0 saturated heterocycles. The lowest BCUT2D eigenvalue weighted by Gasteiger charge is -2.24. The van der Waals surface area contributed by atoms with E-state index in [9.17, 15) is 9.59 Å². The summed E-state index contributed by atoms with van der Waals surface area (Å²) in [5, 5.41) is 7.08. The van der Waals surface area contributed by atoms with Crippen LogP contribution in [0.1, 0.15) is 30.2 Å². The van der Waals surface area contributed by atoms with Gasteiger partial charge in [-0.05, 0) is 50.8 Å². The van der Waals surface area contributed by atoms with Gasteiger partial charge >= 0.3 is 6.03 Å². The maximum absolute atomic E-state index is 12.1. The Morgan fingerprint density at radius 2 is 2.08 bits per heavy atom. The number of hydrogen-bond donors (Lipinski definition) is 2. The number of carbonyl (C=O) groups is 2. The Kier molecular flexibility index (Phi) is 7.21. The minimum absolute atomic E-state index is 0.135. The molecule has 2 N–H and O–H groups in total. The van der Waals surface area contributed by atoms with Crippen LogP contribution in [0.25, 0.3) is 0 Å². The summed E-state index contributed by atoms with van der Waals surface area (Å²) in [4.78, 5) is 27.1. The quantitative estimate of drug-likeness (QED) is 0.756. The van der Waals surface area contributed by atoms with Gasteiger partial charge in [-0.2, -0.15) is 0 Å². The van der Waals surface area contributed by atoms with E-state index in [1.807, 2.05) is 55.3 Å². The molecule has 0 fully saturated rings. The molecule has 0 spiro atoms. The molecule has 6 nitrogen and oxygen atoms in total. The van der Waals surface area contributed by atoms with Gasteiger partial charge in [0.25, 0.3) is 0 Å². The molecular formula is C18H25N3O3S. The number of nitrogens with zero attached hydrogens (tertiary/aromatic N) is 1. The van der Waals surface area contributed by atoms with Gasteiger partial charge in [0.2, 0.25) is 5.91 Å². The van der Waals surface area contributed by atoms with Crippen molar-refractivity contribution in [3.8, 4) is 0 Å². The molecule has 0 unspecified atom stereocenters. The average molecular weight is 363 g/mol. The van der Waals surface area contributed by atoms with E-state index in [0.717, 1.165) is 17.9 Å². The van der Waals surface area contributed by atoms with Crippen LogP contribution in [0.15, 0.2) is 34.1 Å². The fraction of sp³-hybridized carbons (Fsp3) is 0.444. The van der Waals surface area contributed by atoms with Crippen LogP contribution in [-0.4, -0.2) is 36.0 Å². The predicted octanol–water partition coefficient (Wildman–Crippen LogP) is 2.93. The summed E-state index contributed by atoms with van der Waals surface area (Å²) in [5.41, 5.74) is 0. The van der Waals surface area contributed by atoms with Crippen molar-refractivity contribution in [1.29, 1.82) is 0 Å². The van der Waals surface area contributed by atoms with Crippen LogP contribution in [0.3, 0.4) is 0 Å². The number of carbonyl (C=O) groups excluding carboxylic acids is 2. The molecule has 2 rings (SSSR count). The molecule has 0 aliphatic heterocycles. The zero-order valence-electron chi connectivity index (χ0n) is 14.9. The number of furan rings is 1. The van der Waals surface area contributed by atoms with E-state index >= 15 is 0 Å². The SMILES string of the molecule is Cc1ccc(CN(CC(=O)NC(=O)NCCc2cccs2)C(C)C)o1. The van der Waals surface area contributed by atoms with E-state index in [-0.39, 0.29) is 18.5 Å². The van der Waals surface area contributed by atoms with Crippen molar-refractivity contribution in [2.75, 3.05) is 13.1 Å². The number of thiophene rings is 1. The van der Waals surface area contributed by atoms with E-state index in [1.165, 1.54) is 4.88 Å². The van der Waals surface area contributed by atoms with Crippen LogP contribution < -0.4 is 10.6 Å². The van der Waals surface area contributed by atoms with Crippen molar-refractivity contribution in [1.82, 2.24) is 15.5 Å². The molecule has 0 atom stereocenters. The molecule has 7 heteroatoms. The largest absolute Gasteiger partial charge is 0.465 e. The fourth-order valence-electron chi connectivity index (χ4n) is 2.34. The number of imide groups is 1. The molecule has 2 aromatic heterocycles. The molecule has 0 aliphatic carbocycles. The molecule has 136 valence electrons. The number of hydrogen-bond acceptors (Lipinski definition) is 5. The van der Waals surface area contributed by atoms with Crippen molar-refractivity contribution in [3.05, 3.63) is 46.0 Å². The fourth-order valence-corrected chi connectivity index (χ4v) is 3.05. The van der Waals surface area contributed by atoms with Gasteiger partial charge in [0.05, 0.1) is 13.1 Å². The van der Waals surface area contributed by atoms with Gasteiger partial charge in [0.1, 0.15) is 11.5 Å². The number of urea groups is 1. The van der Waals surface area contributed by atoms with Crippen LogP contribution >= 0.6 is 11.3 Å². The highest BCUT2D eigenvalue weighted by Crippen LogP contribution is 2.11. The number of aryl methyl sites for hydroxylation is 1. The Morgan fingerprint density at radius 1 is 1.28 bits per heavy atom. The maximum Gasteiger partial charge on any atom is 0.321 e. The second-order valence-corrected chi connectivity index (χ2v) is 7.18. The molecule has 3 amide bonds. The highest BCUT2D eigenvalue weighted by atomic mass is 32.1. The first-order chi connectivity index (χ1) is 11.9. The topological polar surface area (TPSA) is 74.6 Å². The highest BCUT2D eigenvalue weighted by molar-refractivity contribution is 7.09. The lowest BCUT2D eigenvalue weighted by molar-refractivity contribution is -0.121. The standard InChI is InChI=1S/C18H25N3O3S/c1-13(2)21(11-15-7-6-14(3)24-15)12-17(22)20-18(23)19-9-8-16-5-4-10-25-16/h4-7,10,13H,8-9,11-12H2,1-3H3,(H2,19,20,22,23). The van der Waals surface area contributed by atoms with Gasteiger partial charge in [-0.3, -0.25) is 15.0 Å². The van der Waals surface area contributed by atoms with E-state index < -0.39 is 6.03 Å². The third-order valence-electron chi connectivity index (χ3n) is 3.72. The van der Waals surface area contributed by atoms with Gasteiger partial charge in [-0.1, -0.05) is 6.07 Å². The Hall–Kier alpha value is -2.12. The van der Waals surface area contributed by atoms with Crippen molar-refractivity contribution < 1.29 is 14.0 Å². The first-order valence-electron chi connectivity index (χ1n) is 8.33. The third-order valence-corrected chi connectivity index (χ3v) is 4.66. The van der Waals surface area contributed by atoms with Crippen molar-refractivity contribution in [2.24, 2.45) is 0 Å². The average Bonchev–Trinajstić information content (AvgIpc) is 3.18. The predicted molar refractivity (Wildman–Crippen MR) is 98.6 cm³/mol. The molecular weight excluding hydrogens is 338 g/mol. The first kappa shape index (κ1) is 19.2. The Balaban J connectivity index is 1.74. The summed E-state index contributed by atoms with van der Waals surface area (Å²) in [7, 11) is 0. The normalized spacial score (nSPS) is 11.1. The summed E-state index contributed by atoms with van der Waals surface area (Å²) in [5.74, 6) is 1.32. The molecule has 0 bridgehead atoms. The van der Waals surface area contributed by atoms with Gasteiger partial charge in [0, 0.05) is 17.5 Å². The van der Waals surface area contributed by atoms with E-state index in [2.05, 4.69) is 10.6 Å². The van der Waals surface area contributed by atoms with E-state index in [0.29, 0.717) is 13.1 Å². The molecule has 0 aromatic carbocycles. The summed E-state index contributed by atoms with van der Waals surface area (Å²) in [6, 6.07) is 7.49. The smallest absolute Gasteiger partial charge is 0.321 e. The molecule has 0 radical (unpaired) electrons. The molecule has 0 aliphatic rings. The van der Waals surface area contributed by atoms with Crippen molar-refractivity contribution in [2.45, 2.75) is 39.8 Å². The van der Waals surface area contributed by atoms with Crippen LogP contribution in [0.5, 0.6) is 0 Å². The lowest BCUT2D eigenvalue weighted by atomic mass is 10.3. The first-order valence-corrected chi connectivity index (χ1v) is 9.21. The van der Waals surface area contributed by atoms with Gasteiger partial charge in [0.15, 0.2) is 0 Å². The number of nitrogens with one attached hydrogen (secondary N) is 2. The minimum atomic E-state index is -0.459. The number of rotatable bonds is 8. The molecule has 0 saturated carbocycles. The molecule has 2 aromatic rings. The Bertz CT molecular complexity index is 680. The van der Waals surface area contributed by atoms with Gasteiger partial charge < -0.3 is 9.73 Å². The molecule has 2 heterocycles. The maximum atomic E-state index is 12.1. The Morgan fingerprint density at radius 3 is 2.68 bits per heavy atom.